The van der Waals surface area contributed by atoms with Gasteiger partial charge >= 0.3 is 6.18 Å². The number of hydrogen-bond donors (Lipinski definition) is 1. The van der Waals surface area contributed by atoms with E-state index in [2.05, 4.69) is 9.97 Å². The minimum Gasteiger partial charge on any atom is -0.364 e. The molecular weight excluding hydrogens is 289 g/mol. The molecule has 0 radical (unpaired) electrons. The lowest BCUT2D eigenvalue weighted by Crippen LogP contribution is -2.21. The lowest BCUT2D eigenvalue weighted by Gasteiger charge is -2.06. The number of alkyl halides is 3. The summed E-state index contributed by atoms with van der Waals surface area (Å²) in [7, 11) is 0. The first-order valence-corrected chi connectivity index (χ1v) is 5.75. The smallest absolute Gasteiger partial charge is 0.364 e. The van der Waals surface area contributed by atoms with Crippen LogP contribution in [0, 0.1) is 11.8 Å². The number of halogens is 5. The maximum Gasteiger partial charge on any atom is 0.405 e. The van der Waals surface area contributed by atoms with E-state index in [0.29, 0.717) is 11.3 Å². The van der Waals surface area contributed by atoms with Crippen LogP contribution in [-0.4, -0.2) is 22.7 Å². The van der Waals surface area contributed by atoms with Gasteiger partial charge in [0, 0.05) is 11.8 Å². The fourth-order valence-electron chi connectivity index (χ4n) is 1.24. The SMILES string of the molecule is Fc1cncc(-c2nc(F)c(NCC(F)(F)F)s2)c1. The van der Waals surface area contributed by atoms with Crippen molar-refractivity contribution in [1.82, 2.24) is 9.97 Å². The lowest BCUT2D eigenvalue weighted by molar-refractivity contribution is -0.115. The average Bonchev–Trinajstić information content (AvgIpc) is 2.67. The number of hydrogen-bond acceptors (Lipinski definition) is 4. The minimum atomic E-state index is -4.46. The Bertz CT molecular complexity index is 581. The molecule has 2 rings (SSSR count). The normalized spacial score (nSPS) is 11.6. The molecule has 102 valence electrons. The number of nitrogens with zero attached hydrogens (tertiary/aromatic N) is 2. The van der Waals surface area contributed by atoms with Crippen molar-refractivity contribution in [2.45, 2.75) is 6.18 Å². The van der Waals surface area contributed by atoms with E-state index in [9.17, 15) is 22.0 Å². The Hall–Kier alpha value is -1.77. The highest BCUT2D eigenvalue weighted by Crippen LogP contribution is 2.31. The van der Waals surface area contributed by atoms with Crippen molar-refractivity contribution in [3.8, 4) is 10.6 Å². The fourth-order valence-corrected chi connectivity index (χ4v) is 2.07. The first kappa shape index (κ1) is 13.7. The average molecular weight is 295 g/mol. The van der Waals surface area contributed by atoms with Crippen LogP contribution in [0.5, 0.6) is 0 Å². The Balaban J connectivity index is 2.21. The number of anilines is 1. The van der Waals surface area contributed by atoms with E-state index in [1.54, 1.807) is 0 Å². The lowest BCUT2D eigenvalue weighted by atomic mass is 10.3. The summed E-state index contributed by atoms with van der Waals surface area (Å²) in [5.74, 6) is -1.70. The predicted octanol–water partition coefficient (Wildman–Crippen LogP) is 3.46. The van der Waals surface area contributed by atoms with Crippen LogP contribution >= 0.6 is 11.3 Å². The number of aromatic nitrogens is 2. The highest BCUT2D eigenvalue weighted by atomic mass is 32.1. The third-order valence-electron chi connectivity index (χ3n) is 1.99. The first-order chi connectivity index (χ1) is 8.85. The van der Waals surface area contributed by atoms with Gasteiger partial charge in [-0.2, -0.15) is 17.6 Å². The number of nitrogens with one attached hydrogen (secondary N) is 1. The molecule has 2 aromatic rings. The highest BCUT2D eigenvalue weighted by molar-refractivity contribution is 7.18. The number of pyridine rings is 1. The number of thiazole rings is 1. The van der Waals surface area contributed by atoms with Crippen molar-refractivity contribution in [1.29, 1.82) is 0 Å². The van der Waals surface area contributed by atoms with Crippen molar-refractivity contribution in [2.24, 2.45) is 0 Å². The van der Waals surface area contributed by atoms with E-state index in [4.69, 9.17) is 0 Å². The molecule has 0 saturated heterocycles. The molecule has 0 saturated carbocycles. The molecule has 0 unspecified atom stereocenters. The zero-order valence-electron chi connectivity index (χ0n) is 9.13. The molecule has 1 N–H and O–H groups in total. The van der Waals surface area contributed by atoms with Crippen LogP contribution < -0.4 is 5.32 Å². The molecule has 0 aliphatic carbocycles. The molecule has 2 heterocycles. The van der Waals surface area contributed by atoms with Crippen LogP contribution in [0.1, 0.15) is 0 Å². The highest BCUT2D eigenvalue weighted by Gasteiger charge is 2.28. The second kappa shape index (κ2) is 5.08. The van der Waals surface area contributed by atoms with Crippen molar-refractivity contribution in [2.75, 3.05) is 11.9 Å². The van der Waals surface area contributed by atoms with Gasteiger partial charge in [-0.05, 0) is 6.07 Å². The molecule has 0 aliphatic heterocycles. The van der Waals surface area contributed by atoms with Gasteiger partial charge in [0.15, 0.2) is 0 Å². The Morgan fingerprint density at radius 1 is 1.21 bits per heavy atom. The van der Waals surface area contributed by atoms with E-state index < -0.39 is 24.5 Å². The molecule has 0 fully saturated rings. The molecule has 0 bridgehead atoms. The van der Waals surface area contributed by atoms with Crippen molar-refractivity contribution < 1.29 is 22.0 Å². The Morgan fingerprint density at radius 3 is 2.58 bits per heavy atom. The van der Waals surface area contributed by atoms with Gasteiger partial charge in [-0.25, -0.2) is 9.37 Å². The van der Waals surface area contributed by atoms with Crippen LogP contribution in [-0.2, 0) is 0 Å². The van der Waals surface area contributed by atoms with E-state index in [0.717, 1.165) is 12.3 Å². The molecule has 19 heavy (non-hydrogen) atoms. The van der Waals surface area contributed by atoms with Gasteiger partial charge in [0.25, 0.3) is 0 Å². The van der Waals surface area contributed by atoms with Gasteiger partial charge in [-0.1, -0.05) is 11.3 Å². The van der Waals surface area contributed by atoms with E-state index in [1.165, 1.54) is 6.20 Å². The third kappa shape index (κ3) is 3.60. The van der Waals surface area contributed by atoms with Crippen molar-refractivity contribution in [3.05, 3.63) is 30.2 Å². The second-order valence-electron chi connectivity index (χ2n) is 3.50. The summed E-state index contributed by atoms with van der Waals surface area (Å²) in [6.07, 6.45) is -2.26. The van der Waals surface area contributed by atoms with Crippen molar-refractivity contribution in [3.63, 3.8) is 0 Å². The van der Waals surface area contributed by atoms with Gasteiger partial charge in [-0.15, -0.1) is 0 Å². The Morgan fingerprint density at radius 2 is 1.95 bits per heavy atom. The molecule has 2 aromatic heterocycles. The topological polar surface area (TPSA) is 37.8 Å². The number of rotatable bonds is 3. The molecule has 0 aromatic carbocycles. The zero-order valence-corrected chi connectivity index (χ0v) is 9.95. The van der Waals surface area contributed by atoms with E-state index in [-0.39, 0.29) is 15.6 Å². The molecule has 3 nitrogen and oxygen atoms in total. The molecular formula is C10H6F5N3S. The summed E-state index contributed by atoms with van der Waals surface area (Å²) in [5.41, 5.74) is 0.198. The monoisotopic (exact) mass is 295 g/mol. The Labute approximate surface area is 108 Å². The van der Waals surface area contributed by atoms with Gasteiger partial charge in [0.2, 0.25) is 5.95 Å². The van der Waals surface area contributed by atoms with Crippen LogP contribution in [0.25, 0.3) is 10.6 Å². The first-order valence-electron chi connectivity index (χ1n) is 4.93. The van der Waals surface area contributed by atoms with Crippen LogP contribution in [0.4, 0.5) is 27.0 Å². The Kier molecular flexibility index (Phi) is 3.65. The standard InChI is InChI=1S/C10H6F5N3S/c11-6-1-5(2-16-3-6)8-18-7(12)9(19-8)17-4-10(13,14)15/h1-3,17H,4H2. The molecule has 0 amide bonds. The summed E-state index contributed by atoms with van der Waals surface area (Å²) in [6, 6.07) is 1.07. The quantitative estimate of drug-likeness (QED) is 0.881. The second-order valence-corrected chi connectivity index (χ2v) is 4.50. The maximum absolute atomic E-state index is 13.3. The summed E-state index contributed by atoms with van der Waals surface area (Å²) in [5, 5.41) is 1.60. The largest absolute Gasteiger partial charge is 0.405 e. The minimum absolute atomic E-state index is 0.0502. The van der Waals surface area contributed by atoms with Crippen LogP contribution in [0.3, 0.4) is 0 Å². The van der Waals surface area contributed by atoms with Gasteiger partial charge < -0.3 is 5.32 Å². The summed E-state index contributed by atoms with van der Waals surface area (Å²) >= 11 is 0.658. The van der Waals surface area contributed by atoms with E-state index in [1.807, 2.05) is 5.32 Å². The van der Waals surface area contributed by atoms with Crippen LogP contribution in [0.15, 0.2) is 18.5 Å². The summed E-state index contributed by atoms with van der Waals surface area (Å²) < 4.78 is 62.2. The van der Waals surface area contributed by atoms with Gasteiger partial charge in [0.1, 0.15) is 22.4 Å². The zero-order chi connectivity index (χ0) is 14.0. The van der Waals surface area contributed by atoms with Gasteiger partial charge in [0.05, 0.1) is 6.20 Å². The summed E-state index contributed by atoms with van der Waals surface area (Å²) in [4.78, 5) is 6.99. The predicted molar refractivity (Wildman–Crippen MR) is 59.8 cm³/mol. The van der Waals surface area contributed by atoms with Gasteiger partial charge in [-0.3, -0.25) is 4.98 Å². The molecule has 9 heteroatoms. The van der Waals surface area contributed by atoms with Crippen molar-refractivity contribution >= 4 is 16.3 Å². The van der Waals surface area contributed by atoms with E-state index >= 15 is 0 Å². The summed E-state index contributed by atoms with van der Waals surface area (Å²) in [6.45, 7) is -1.37. The molecule has 0 aliphatic rings. The molecule has 0 atom stereocenters. The van der Waals surface area contributed by atoms with Crippen LogP contribution in [0.2, 0.25) is 0 Å². The fraction of sp³-hybridized carbons (Fsp3) is 0.200. The maximum atomic E-state index is 13.3. The molecule has 0 spiro atoms. The third-order valence-corrected chi connectivity index (χ3v) is 3.02.